The summed E-state index contributed by atoms with van der Waals surface area (Å²) in [7, 11) is 0. The van der Waals surface area contributed by atoms with E-state index in [1.54, 1.807) is 19.1 Å². The summed E-state index contributed by atoms with van der Waals surface area (Å²) >= 11 is 6.22. The molecule has 0 saturated heterocycles. The first-order valence-corrected chi connectivity index (χ1v) is 7.41. The highest BCUT2D eigenvalue weighted by molar-refractivity contribution is 6.32. The monoisotopic (exact) mass is 304 g/mol. The van der Waals surface area contributed by atoms with Crippen LogP contribution in [0.4, 0.5) is 0 Å². The van der Waals surface area contributed by atoms with E-state index in [2.05, 4.69) is 26.8 Å². The van der Waals surface area contributed by atoms with E-state index in [-0.39, 0.29) is 5.41 Å². The van der Waals surface area contributed by atoms with Crippen LogP contribution in [0.2, 0.25) is 5.02 Å². The smallest absolute Gasteiger partial charge is 0.146 e. The second-order valence-corrected chi connectivity index (χ2v) is 6.65. The molecular weight excluding hydrogens is 284 g/mol. The summed E-state index contributed by atoms with van der Waals surface area (Å²) in [6, 6.07) is 13.3. The second-order valence-electron chi connectivity index (χ2n) is 6.25. The van der Waals surface area contributed by atoms with Crippen molar-refractivity contribution in [1.82, 2.24) is 0 Å². The lowest BCUT2D eigenvalue weighted by atomic mass is 9.87. The fourth-order valence-electron chi connectivity index (χ4n) is 2.01. The molecule has 0 spiro atoms. The molecule has 21 heavy (non-hydrogen) atoms. The zero-order chi connectivity index (χ0) is 15.6. The number of aliphatic hydroxyl groups excluding tert-OH is 1. The van der Waals surface area contributed by atoms with Crippen LogP contribution in [0.25, 0.3) is 0 Å². The molecule has 2 aromatic carbocycles. The molecule has 0 saturated carbocycles. The average molecular weight is 305 g/mol. The number of benzene rings is 2. The van der Waals surface area contributed by atoms with E-state index in [1.807, 2.05) is 24.3 Å². The third-order valence-corrected chi connectivity index (χ3v) is 3.66. The van der Waals surface area contributed by atoms with Gasteiger partial charge in [0.1, 0.15) is 11.5 Å². The minimum absolute atomic E-state index is 0.0688. The zero-order valence-electron chi connectivity index (χ0n) is 12.9. The predicted octanol–water partition coefficient (Wildman–Crippen LogP) is 5.48. The summed E-state index contributed by atoms with van der Waals surface area (Å²) in [6.45, 7) is 8.20. The molecule has 2 aromatic rings. The first-order valence-electron chi connectivity index (χ1n) is 7.03. The Balaban J connectivity index is 2.26. The lowest BCUT2D eigenvalue weighted by Crippen LogP contribution is -2.10. The molecule has 0 radical (unpaired) electrons. The molecule has 0 aliphatic carbocycles. The third kappa shape index (κ3) is 3.99. The largest absolute Gasteiger partial charge is 0.456 e. The van der Waals surface area contributed by atoms with Gasteiger partial charge in [0.25, 0.3) is 0 Å². The van der Waals surface area contributed by atoms with E-state index in [0.29, 0.717) is 10.8 Å². The van der Waals surface area contributed by atoms with Crippen molar-refractivity contribution in [2.24, 2.45) is 0 Å². The number of hydrogen-bond donors (Lipinski definition) is 1. The van der Waals surface area contributed by atoms with E-state index in [9.17, 15) is 5.11 Å². The van der Waals surface area contributed by atoms with Gasteiger partial charge in [-0.05, 0) is 47.7 Å². The van der Waals surface area contributed by atoms with Crippen molar-refractivity contribution in [3.05, 3.63) is 58.6 Å². The Bertz CT molecular complexity index is 627. The molecule has 2 rings (SSSR count). The summed E-state index contributed by atoms with van der Waals surface area (Å²) in [5, 5.41) is 10.1. The molecule has 112 valence electrons. The number of halogens is 1. The van der Waals surface area contributed by atoms with Gasteiger partial charge >= 0.3 is 0 Å². The van der Waals surface area contributed by atoms with Gasteiger partial charge in [0.2, 0.25) is 0 Å². The van der Waals surface area contributed by atoms with Crippen molar-refractivity contribution in [2.45, 2.75) is 39.2 Å². The van der Waals surface area contributed by atoms with Gasteiger partial charge in [-0.25, -0.2) is 0 Å². The molecule has 1 N–H and O–H groups in total. The summed E-state index contributed by atoms with van der Waals surface area (Å²) in [4.78, 5) is 0. The lowest BCUT2D eigenvalue weighted by molar-refractivity contribution is 0.199. The van der Waals surface area contributed by atoms with E-state index in [1.165, 1.54) is 5.56 Å². The van der Waals surface area contributed by atoms with Gasteiger partial charge in [0, 0.05) is 0 Å². The van der Waals surface area contributed by atoms with Crippen LogP contribution >= 0.6 is 11.6 Å². The number of rotatable bonds is 3. The van der Waals surface area contributed by atoms with E-state index in [4.69, 9.17) is 16.3 Å². The molecule has 0 heterocycles. The lowest BCUT2D eigenvalue weighted by Gasteiger charge is -2.20. The number of ether oxygens (including phenoxy) is 1. The van der Waals surface area contributed by atoms with Crippen LogP contribution in [0.3, 0.4) is 0 Å². The van der Waals surface area contributed by atoms with Gasteiger partial charge < -0.3 is 9.84 Å². The van der Waals surface area contributed by atoms with E-state index >= 15 is 0 Å². The Morgan fingerprint density at radius 2 is 1.81 bits per heavy atom. The minimum Gasteiger partial charge on any atom is -0.456 e. The molecule has 0 amide bonds. The standard InChI is InChI=1S/C18H21ClO2/c1-12(20)13-8-9-17(16(19)10-13)21-15-7-5-6-14(11-15)18(2,3)4/h5-12,20H,1-4H3/t12-/m0/s1. The van der Waals surface area contributed by atoms with Crippen molar-refractivity contribution in [3.8, 4) is 11.5 Å². The Kier molecular flexibility index (Phi) is 4.60. The van der Waals surface area contributed by atoms with Crippen LogP contribution in [-0.2, 0) is 5.41 Å². The fraction of sp³-hybridized carbons (Fsp3) is 0.333. The molecular formula is C18H21ClO2. The molecule has 2 nitrogen and oxygen atoms in total. The van der Waals surface area contributed by atoms with Gasteiger partial charge in [-0.1, -0.05) is 50.6 Å². The first-order chi connectivity index (χ1) is 9.77. The normalized spacial score (nSPS) is 13.0. The molecule has 0 aromatic heterocycles. The van der Waals surface area contributed by atoms with E-state index in [0.717, 1.165) is 11.3 Å². The quantitative estimate of drug-likeness (QED) is 0.813. The number of aliphatic hydroxyl groups is 1. The van der Waals surface area contributed by atoms with Gasteiger partial charge in [-0.2, -0.15) is 0 Å². The van der Waals surface area contributed by atoms with Crippen LogP contribution < -0.4 is 4.74 Å². The van der Waals surface area contributed by atoms with Crippen LogP contribution in [0.1, 0.15) is 44.9 Å². The predicted molar refractivity (Wildman–Crippen MR) is 87.3 cm³/mol. The fourth-order valence-corrected chi connectivity index (χ4v) is 2.24. The van der Waals surface area contributed by atoms with Crippen LogP contribution in [-0.4, -0.2) is 5.11 Å². The van der Waals surface area contributed by atoms with Gasteiger partial charge in [-0.3, -0.25) is 0 Å². The van der Waals surface area contributed by atoms with Crippen molar-refractivity contribution in [3.63, 3.8) is 0 Å². The zero-order valence-corrected chi connectivity index (χ0v) is 13.6. The summed E-state index contributed by atoms with van der Waals surface area (Å²) in [5.41, 5.74) is 2.05. The topological polar surface area (TPSA) is 29.5 Å². The van der Waals surface area contributed by atoms with Gasteiger partial charge in [0.05, 0.1) is 11.1 Å². The highest BCUT2D eigenvalue weighted by atomic mass is 35.5. The average Bonchev–Trinajstić information content (AvgIpc) is 2.40. The van der Waals surface area contributed by atoms with E-state index < -0.39 is 6.10 Å². The molecule has 1 atom stereocenters. The van der Waals surface area contributed by atoms with Gasteiger partial charge in [0.15, 0.2) is 0 Å². The molecule has 0 unspecified atom stereocenters. The van der Waals surface area contributed by atoms with Crippen LogP contribution in [0.5, 0.6) is 11.5 Å². The Morgan fingerprint density at radius 1 is 1.10 bits per heavy atom. The van der Waals surface area contributed by atoms with Crippen molar-refractivity contribution in [1.29, 1.82) is 0 Å². The number of hydrogen-bond acceptors (Lipinski definition) is 2. The maximum Gasteiger partial charge on any atom is 0.146 e. The van der Waals surface area contributed by atoms with Crippen LogP contribution in [0, 0.1) is 0 Å². The third-order valence-electron chi connectivity index (χ3n) is 3.37. The Hall–Kier alpha value is -1.51. The first kappa shape index (κ1) is 15.9. The van der Waals surface area contributed by atoms with Crippen molar-refractivity contribution in [2.75, 3.05) is 0 Å². The maximum atomic E-state index is 9.56. The SMILES string of the molecule is C[C@H](O)c1ccc(Oc2cccc(C(C)(C)C)c2)c(Cl)c1. The maximum absolute atomic E-state index is 9.56. The molecule has 0 aliphatic heterocycles. The molecule has 3 heteroatoms. The Labute approximate surface area is 131 Å². The summed E-state index contributed by atoms with van der Waals surface area (Å²) in [5.74, 6) is 1.35. The highest BCUT2D eigenvalue weighted by Crippen LogP contribution is 2.33. The molecule has 0 fully saturated rings. The van der Waals surface area contributed by atoms with Gasteiger partial charge in [-0.15, -0.1) is 0 Å². The molecule has 0 bridgehead atoms. The highest BCUT2D eigenvalue weighted by Gasteiger charge is 2.14. The van der Waals surface area contributed by atoms with Crippen molar-refractivity contribution < 1.29 is 9.84 Å². The Morgan fingerprint density at radius 3 is 2.38 bits per heavy atom. The van der Waals surface area contributed by atoms with Crippen LogP contribution in [0.15, 0.2) is 42.5 Å². The molecule has 0 aliphatic rings. The minimum atomic E-state index is -0.541. The second kappa shape index (κ2) is 6.08. The van der Waals surface area contributed by atoms with Crippen molar-refractivity contribution >= 4 is 11.6 Å². The summed E-state index contributed by atoms with van der Waals surface area (Å²) in [6.07, 6.45) is -0.541. The summed E-state index contributed by atoms with van der Waals surface area (Å²) < 4.78 is 5.87.